The summed E-state index contributed by atoms with van der Waals surface area (Å²) in [7, 11) is 0. The highest BCUT2D eigenvalue weighted by molar-refractivity contribution is 6.20. The molecule has 0 aromatic heterocycles. The van der Waals surface area contributed by atoms with Gasteiger partial charge in [0.1, 0.15) is 0 Å². The van der Waals surface area contributed by atoms with Crippen molar-refractivity contribution in [2.75, 3.05) is 13.2 Å². The summed E-state index contributed by atoms with van der Waals surface area (Å²) in [4.78, 5) is 0. The van der Waals surface area contributed by atoms with Crippen molar-refractivity contribution in [2.24, 2.45) is 0 Å². The zero-order valence-electron chi connectivity index (χ0n) is 7.81. The summed E-state index contributed by atoms with van der Waals surface area (Å²) >= 11 is 5.90. The maximum Gasteiger partial charge on any atom is 0.0827 e. The fraction of sp³-hybridized carbons (Fsp3) is 0.778. The van der Waals surface area contributed by atoms with Gasteiger partial charge in [0.15, 0.2) is 0 Å². The average molecular weight is 192 g/mol. The summed E-state index contributed by atoms with van der Waals surface area (Å²) in [6.45, 7) is 4.86. The van der Waals surface area contributed by atoms with Crippen molar-refractivity contribution >= 4 is 11.6 Å². The SMILES string of the molecule is CCCC(Cl)NC/C=C(/C)CO. The molecule has 0 saturated carbocycles. The fourth-order valence-corrected chi connectivity index (χ4v) is 1.09. The predicted octanol–water partition coefficient (Wildman–Crippen LogP) is 1.88. The Labute approximate surface area is 79.6 Å². The lowest BCUT2D eigenvalue weighted by molar-refractivity contribution is 0.331. The zero-order valence-corrected chi connectivity index (χ0v) is 8.56. The van der Waals surface area contributed by atoms with Gasteiger partial charge in [0, 0.05) is 6.54 Å². The molecular formula is C9H18ClNO. The van der Waals surface area contributed by atoms with Gasteiger partial charge in [-0.25, -0.2) is 0 Å². The number of rotatable bonds is 6. The maximum atomic E-state index is 8.67. The Kier molecular flexibility index (Phi) is 7.56. The van der Waals surface area contributed by atoms with Gasteiger partial charge in [-0.1, -0.05) is 25.0 Å². The van der Waals surface area contributed by atoms with Crippen molar-refractivity contribution in [1.29, 1.82) is 0 Å². The van der Waals surface area contributed by atoms with E-state index in [2.05, 4.69) is 12.2 Å². The number of hydrogen-bond acceptors (Lipinski definition) is 2. The van der Waals surface area contributed by atoms with Crippen LogP contribution in [0.4, 0.5) is 0 Å². The van der Waals surface area contributed by atoms with E-state index in [4.69, 9.17) is 16.7 Å². The molecular weight excluding hydrogens is 174 g/mol. The minimum atomic E-state index is 0.0535. The molecule has 2 nitrogen and oxygen atoms in total. The summed E-state index contributed by atoms with van der Waals surface area (Å²) in [6.07, 6.45) is 4.02. The topological polar surface area (TPSA) is 32.3 Å². The van der Waals surface area contributed by atoms with Crippen LogP contribution >= 0.6 is 11.6 Å². The van der Waals surface area contributed by atoms with Crippen molar-refractivity contribution in [3.05, 3.63) is 11.6 Å². The number of alkyl halides is 1. The van der Waals surface area contributed by atoms with Crippen LogP contribution in [-0.4, -0.2) is 23.8 Å². The number of hydrogen-bond donors (Lipinski definition) is 2. The van der Waals surface area contributed by atoms with E-state index >= 15 is 0 Å². The first-order valence-electron chi connectivity index (χ1n) is 4.34. The third-order valence-electron chi connectivity index (χ3n) is 1.58. The second-order valence-corrected chi connectivity index (χ2v) is 3.40. The Morgan fingerprint density at radius 1 is 1.67 bits per heavy atom. The highest BCUT2D eigenvalue weighted by Crippen LogP contribution is 2.00. The Hall–Kier alpha value is -0.0500. The predicted molar refractivity (Wildman–Crippen MR) is 53.4 cm³/mol. The fourth-order valence-electron chi connectivity index (χ4n) is 0.781. The second-order valence-electron chi connectivity index (χ2n) is 2.87. The molecule has 72 valence electrons. The van der Waals surface area contributed by atoms with Gasteiger partial charge in [-0.2, -0.15) is 0 Å². The zero-order chi connectivity index (χ0) is 9.40. The molecule has 0 aromatic carbocycles. The summed E-state index contributed by atoms with van der Waals surface area (Å²) < 4.78 is 0. The molecule has 0 spiro atoms. The number of halogens is 1. The first kappa shape index (κ1) is 11.9. The van der Waals surface area contributed by atoms with Crippen molar-refractivity contribution in [1.82, 2.24) is 5.32 Å². The Bertz CT molecular complexity index is 136. The molecule has 0 aliphatic rings. The van der Waals surface area contributed by atoms with Gasteiger partial charge in [0.2, 0.25) is 0 Å². The van der Waals surface area contributed by atoms with Crippen LogP contribution in [-0.2, 0) is 0 Å². The molecule has 0 aromatic rings. The van der Waals surface area contributed by atoms with Crippen LogP contribution in [0.25, 0.3) is 0 Å². The van der Waals surface area contributed by atoms with Crippen molar-refractivity contribution in [3.8, 4) is 0 Å². The molecule has 12 heavy (non-hydrogen) atoms. The molecule has 0 fully saturated rings. The highest BCUT2D eigenvalue weighted by atomic mass is 35.5. The van der Waals surface area contributed by atoms with E-state index < -0.39 is 0 Å². The third kappa shape index (κ3) is 6.65. The van der Waals surface area contributed by atoms with Crippen LogP contribution in [0.3, 0.4) is 0 Å². The minimum Gasteiger partial charge on any atom is -0.392 e. The average Bonchev–Trinajstić information content (AvgIpc) is 2.04. The standard InChI is InChI=1S/C9H18ClNO/c1-3-4-9(10)11-6-5-8(2)7-12/h5,9,11-12H,3-4,6-7H2,1-2H3/b8-5-. The van der Waals surface area contributed by atoms with Crippen LogP contribution in [0.5, 0.6) is 0 Å². The molecule has 0 heterocycles. The lowest BCUT2D eigenvalue weighted by atomic mass is 10.3. The molecule has 2 N–H and O–H groups in total. The Morgan fingerprint density at radius 2 is 2.33 bits per heavy atom. The van der Waals surface area contributed by atoms with Gasteiger partial charge in [-0.15, -0.1) is 11.6 Å². The molecule has 0 bridgehead atoms. The summed E-state index contributed by atoms with van der Waals surface area (Å²) in [5, 5.41) is 11.8. The summed E-state index contributed by atoms with van der Waals surface area (Å²) in [5.41, 5.74) is 1.03. The van der Waals surface area contributed by atoms with E-state index in [-0.39, 0.29) is 12.1 Å². The summed E-state index contributed by atoms with van der Waals surface area (Å²) in [6, 6.07) is 0. The van der Waals surface area contributed by atoms with E-state index in [1.54, 1.807) is 0 Å². The first-order chi connectivity index (χ1) is 5.70. The molecule has 0 saturated heterocycles. The number of nitrogens with one attached hydrogen (secondary N) is 1. The van der Waals surface area contributed by atoms with E-state index in [1.165, 1.54) is 0 Å². The van der Waals surface area contributed by atoms with Crippen molar-refractivity contribution in [3.63, 3.8) is 0 Å². The Balaban J connectivity index is 3.41. The molecule has 3 heteroatoms. The van der Waals surface area contributed by atoms with Crippen molar-refractivity contribution in [2.45, 2.75) is 32.2 Å². The van der Waals surface area contributed by atoms with E-state index in [0.29, 0.717) is 0 Å². The smallest absolute Gasteiger partial charge is 0.0827 e. The van der Waals surface area contributed by atoms with Crippen molar-refractivity contribution < 1.29 is 5.11 Å². The highest BCUT2D eigenvalue weighted by Gasteiger charge is 1.98. The summed E-state index contributed by atoms with van der Waals surface area (Å²) in [5.74, 6) is 0. The van der Waals surface area contributed by atoms with Gasteiger partial charge in [-0.05, 0) is 13.3 Å². The van der Waals surface area contributed by atoms with Crippen LogP contribution in [0, 0.1) is 0 Å². The Morgan fingerprint density at radius 3 is 2.83 bits per heavy atom. The lowest BCUT2D eigenvalue weighted by Crippen LogP contribution is -2.23. The largest absolute Gasteiger partial charge is 0.392 e. The maximum absolute atomic E-state index is 8.67. The van der Waals surface area contributed by atoms with Gasteiger partial charge in [0.25, 0.3) is 0 Å². The van der Waals surface area contributed by atoms with Gasteiger partial charge in [0.05, 0.1) is 12.1 Å². The lowest BCUT2D eigenvalue weighted by Gasteiger charge is -2.08. The number of aliphatic hydroxyl groups is 1. The molecule has 0 aliphatic heterocycles. The van der Waals surface area contributed by atoms with Gasteiger partial charge in [-0.3, -0.25) is 5.32 Å². The normalized spacial score (nSPS) is 14.8. The molecule has 1 atom stereocenters. The molecule has 0 amide bonds. The van der Waals surface area contributed by atoms with E-state index in [1.807, 2.05) is 13.0 Å². The molecule has 0 aliphatic carbocycles. The first-order valence-corrected chi connectivity index (χ1v) is 4.78. The monoisotopic (exact) mass is 191 g/mol. The van der Waals surface area contributed by atoms with Crippen LogP contribution in [0.1, 0.15) is 26.7 Å². The molecule has 1 unspecified atom stereocenters. The molecule has 0 rings (SSSR count). The van der Waals surface area contributed by atoms with Gasteiger partial charge < -0.3 is 5.11 Å². The van der Waals surface area contributed by atoms with Crippen LogP contribution < -0.4 is 5.32 Å². The van der Waals surface area contributed by atoms with Crippen LogP contribution in [0.2, 0.25) is 0 Å². The van der Waals surface area contributed by atoms with E-state index in [9.17, 15) is 0 Å². The van der Waals surface area contributed by atoms with E-state index in [0.717, 1.165) is 25.0 Å². The quantitative estimate of drug-likeness (QED) is 0.382. The minimum absolute atomic E-state index is 0.0535. The molecule has 0 radical (unpaired) electrons. The van der Waals surface area contributed by atoms with Gasteiger partial charge >= 0.3 is 0 Å². The van der Waals surface area contributed by atoms with Crippen LogP contribution in [0.15, 0.2) is 11.6 Å². The third-order valence-corrected chi connectivity index (χ3v) is 1.95. The second kappa shape index (κ2) is 7.59. The number of aliphatic hydroxyl groups excluding tert-OH is 1.